The van der Waals surface area contributed by atoms with Crippen LogP contribution in [0.25, 0.3) is 0 Å². The summed E-state index contributed by atoms with van der Waals surface area (Å²) >= 11 is 1.17. The zero-order chi connectivity index (χ0) is 15.5. The molecule has 20 heavy (non-hydrogen) atoms. The molecule has 7 nitrogen and oxygen atoms in total. The highest BCUT2D eigenvalue weighted by atomic mass is 32.2. The number of imide groups is 1. The largest absolute Gasteiger partial charge is 0.465 e. The van der Waals surface area contributed by atoms with Gasteiger partial charge in [0.2, 0.25) is 5.91 Å². The van der Waals surface area contributed by atoms with E-state index in [2.05, 4.69) is 10.6 Å². The Kier molecular flexibility index (Phi) is 9.83. The summed E-state index contributed by atoms with van der Waals surface area (Å²) in [5.41, 5.74) is 5.57. The third kappa shape index (κ3) is 9.62. The van der Waals surface area contributed by atoms with E-state index in [1.165, 1.54) is 11.8 Å². The molecule has 0 saturated carbocycles. The molecule has 4 N–H and O–H groups in total. The predicted molar refractivity (Wildman–Crippen MR) is 78.3 cm³/mol. The summed E-state index contributed by atoms with van der Waals surface area (Å²) in [6.45, 7) is 6.37. The van der Waals surface area contributed by atoms with Gasteiger partial charge in [0.15, 0.2) is 0 Å². The minimum Gasteiger partial charge on any atom is -0.465 e. The van der Waals surface area contributed by atoms with Crippen molar-refractivity contribution in [1.82, 2.24) is 10.6 Å². The molecule has 0 spiro atoms. The topological polar surface area (TPSA) is 111 Å². The van der Waals surface area contributed by atoms with Gasteiger partial charge >= 0.3 is 12.0 Å². The van der Waals surface area contributed by atoms with Crippen LogP contribution >= 0.6 is 11.8 Å². The first-order valence-corrected chi connectivity index (χ1v) is 7.59. The number of carbonyl (C=O) groups is 3. The average Bonchev–Trinajstić information content (AvgIpc) is 2.36. The lowest BCUT2D eigenvalue weighted by Gasteiger charge is -2.10. The number of hydrogen-bond acceptors (Lipinski definition) is 6. The number of carbonyl (C=O) groups excluding carboxylic acids is 3. The van der Waals surface area contributed by atoms with Crippen molar-refractivity contribution in [2.45, 2.75) is 26.8 Å². The van der Waals surface area contributed by atoms with Crippen LogP contribution in [-0.2, 0) is 14.3 Å². The molecule has 0 aromatic rings. The van der Waals surface area contributed by atoms with Gasteiger partial charge in [-0.2, -0.15) is 0 Å². The molecule has 0 heterocycles. The number of rotatable bonds is 8. The number of thioether (sulfide) groups is 1. The molecule has 3 amide bonds. The number of amides is 3. The second-order valence-corrected chi connectivity index (χ2v) is 5.56. The highest BCUT2D eigenvalue weighted by Crippen LogP contribution is 2.02. The van der Waals surface area contributed by atoms with Crippen LogP contribution in [-0.4, -0.2) is 48.6 Å². The van der Waals surface area contributed by atoms with Gasteiger partial charge in [0.05, 0.1) is 12.4 Å². The molecular formula is C12H23N3O4S. The van der Waals surface area contributed by atoms with Gasteiger partial charge in [-0.25, -0.2) is 4.79 Å². The van der Waals surface area contributed by atoms with Crippen LogP contribution in [0.4, 0.5) is 4.79 Å². The van der Waals surface area contributed by atoms with Crippen molar-refractivity contribution in [2.24, 2.45) is 11.7 Å². The quantitative estimate of drug-likeness (QED) is 0.548. The number of esters is 1. The smallest absolute Gasteiger partial charge is 0.323 e. The van der Waals surface area contributed by atoms with Crippen LogP contribution in [0.3, 0.4) is 0 Å². The van der Waals surface area contributed by atoms with E-state index in [1.807, 2.05) is 13.8 Å². The van der Waals surface area contributed by atoms with Gasteiger partial charge in [0.25, 0.3) is 0 Å². The summed E-state index contributed by atoms with van der Waals surface area (Å²) in [5.74, 6) is -0.280. The molecule has 0 radical (unpaired) electrons. The number of nitrogens with one attached hydrogen (secondary N) is 2. The van der Waals surface area contributed by atoms with E-state index in [4.69, 9.17) is 10.5 Å². The van der Waals surface area contributed by atoms with Gasteiger partial charge in [-0.05, 0) is 12.8 Å². The van der Waals surface area contributed by atoms with Crippen LogP contribution < -0.4 is 16.4 Å². The van der Waals surface area contributed by atoms with E-state index in [0.29, 0.717) is 12.5 Å². The Morgan fingerprint density at radius 3 is 2.50 bits per heavy atom. The van der Waals surface area contributed by atoms with E-state index in [1.54, 1.807) is 6.92 Å². The van der Waals surface area contributed by atoms with Gasteiger partial charge in [-0.1, -0.05) is 13.8 Å². The summed E-state index contributed by atoms with van der Waals surface area (Å²) in [5, 5.41) is 4.76. The average molecular weight is 305 g/mol. The molecule has 0 aromatic heterocycles. The summed E-state index contributed by atoms with van der Waals surface area (Å²) in [7, 11) is 0. The van der Waals surface area contributed by atoms with Crippen molar-refractivity contribution in [3.8, 4) is 0 Å². The molecule has 0 fully saturated rings. The predicted octanol–water partition coefficient (Wildman–Crippen LogP) is 0.0918. The van der Waals surface area contributed by atoms with E-state index >= 15 is 0 Å². The van der Waals surface area contributed by atoms with Crippen molar-refractivity contribution < 1.29 is 19.1 Å². The Hall–Kier alpha value is -1.28. The first kappa shape index (κ1) is 18.7. The van der Waals surface area contributed by atoms with E-state index in [-0.39, 0.29) is 18.1 Å². The van der Waals surface area contributed by atoms with Gasteiger partial charge in [-0.15, -0.1) is 11.8 Å². The lowest BCUT2D eigenvalue weighted by Crippen LogP contribution is -2.42. The van der Waals surface area contributed by atoms with E-state index in [9.17, 15) is 14.4 Å². The van der Waals surface area contributed by atoms with Crippen molar-refractivity contribution in [3.05, 3.63) is 0 Å². The minimum atomic E-state index is -0.762. The number of urea groups is 1. The number of nitrogens with two attached hydrogens (primary N) is 1. The van der Waals surface area contributed by atoms with Gasteiger partial charge in [0.1, 0.15) is 6.04 Å². The molecule has 116 valence electrons. The Morgan fingerprint density at radius 1 is 1.30 bits per heavy atom. The minimum absolute atomic E-state index is 0.0577. The molecule has 0 rings (SSSR count). The molecule has 0 aliphatic carbocycles. The second-order valence-electron chi connectivity index (χ2n) is 4.53. The molecule has 8 heteroatoms. The Morgan fingerprint density at radius 2 is 1.95 bits per heavy atom. The maximum atomic E-state index is 11.4. The molecule has 1 unspecified atom stereocenters. The molecule has 1 atom stereocenters. The monoisotopic (exact) mass is 305 g/mol. The summed E-state index contributed by atoms with van der Waals surface area (Å²) in [6.07, 6.45) is 0. The van der Waals surface area contributed by atoms with Crippen LogP contribution in [0.1, 0.15) is 20.8 Å². The molecule has 0 bridgehead atoms. The standard InChI is InChI=1S/C12H23N3O4S/c1-4-19-11(17)9(13)6-20-7-10(16)15-12(18)14-5-8(2)3/h8-9H,4-7,13H2,1-3H3,(H2,14,15,16,18). The Balaban J connectivity index is 3.77. The lowest BCUT2D eigenvalue weighted by atomic mass is 10.2. The van der Waals surface area contributed by atoms with Crippen molar-refractivity contribution in [2.75, 3.05) is 24.7 Å². The summed E-state index contributed by atoms with van der Waals surface area (Å²) in [4.78, 5) is 33.9. The lowest BCUT2D eigenvalue weighted by molar-refractivity contribution is -0.144. The first-order chi connectivity index (χ1) is 9.36. The van der Waals surface area contributed by atoms with Gasteiger partial charge in [-0.3, -0.25) is 14.9 Å². The SMILES string of the molecule is CCOC(=O)C(N)CSCC(=O)NC(=O)NCC(C)C. The van der Waals surface area contributed by atoms with Crippen LogP contribution in [0.15, 0.2) is 0 Å². The fourth-order valence-corrected chi connectivity index (χ4v) is 1.87. The maximum Gasteiger partial charge on any atom is 0.323 e. The highest BCUT2D eigenvalue weighted by molar-refractivity contribution is 8.00. The third-order valence-corrected chi connectivity index (χ3v) is 3.10. The summed E-state index contributed by atoms with van der Waals surface area (Å²) in [6, 6.07) is -1.28. The molecular weight excluding hydrogens is 282 g/mol. The zero-order valence-corrected chi connectivity index (χ0v) is 12.9. The fourth-order valence-electron chi connectivity index (χ4n) is 1.10. The zero-order valence-electron chi connectivity index (χ0n) is 12.1. The Bertz CT molecular complexity index is 337. The van der Waals surface area contributed by atoms with Crippen LogP contribution in [0.2, 0.25) is 0 Å². The van der Waals surface area contributed by atoms with Crippen LogP contribution in [0, 0.1) is 5.92 Å². The van der Waals surface area contributed by atoms with Crippen LogP contribution in [0.5, 0.6) is 0 Å². The van der Waals surface area contributed by atoms with E-state index in [0.717, 1.165) is 0 Å². The van der Waals surface area contributed by atoms with Gasteiger partial charge < -0.3 is 15.8 Å². The second kappa shape index (κ2) is 10.5. The van der Waals surface area contributed by atoms with Crippen molar-refractivity contribution in [1.29, 1.82) is 0 Å². The molecule has 0 saturated heterocycles. The van der Waals surface area contributed by atoms with Crippen molar-refractivity contribution in [3.63, 3.8) is 0 Å². The Labute approximate surface area is 123 Å². The van der Waals surface area contributed by atoms with Crippen molar-refractivity contribution >= 4 is 29.7 Å². The number of hydrogen-bond donors (Lipinski definition) is 3. The number of ether oxygens (including phenoxy) is 1. The highest BCUT2D eigenvalue weighted by Gasteiger charge is 2.15. The van der Waals surface area contributed by atoms with E-state index < -0.39 is 23.9 Å². The molecule has 0 aliphatic rings. The molecule has 0 aliphatic heterocycles. The molecule has 0 aromatic carbocycles. The first-order valence-electron chi connectivity index (χ1n) is 6.44. The fraction of sp³-hybridized carbons (Fsp3) is 0.750. The summed E-state index contributed by atoms with van der Waals surface area (Å²) < 4.78 is 4.74. The third-order valence-electron chi connectivity index (χ3n) is 2.04. The maximum absolute atomic E-state index is 11.4. The van der Waals surface area contributed by atoms with Gasteiger partial charge in [0, 0.05) is 12.3 Å². The normalized spacial score (nSPS) is 11.8.